The van der Waals surface area contributed by atoms with Crippen molar-refractivity contribution in [3.8, 4) is 5.75 Å². The van der Waals surface area contributed by atoms with E-state index in [2.05, 4.69) is 21.2 Å². The van der Waals surface area contributed by atoms with Crippen LogP contribution in [0.15, 0.2) is 40.9 Å². The fourth-order valence-electron chi connectivity index (χ4n) is 2.62. The molecule has 0 saturated heterocycles. The Morgan fingerprint density at radius 1 is 0.969 bits per heavy atom. The largest absolute Gasteiger partial charge is 0.496 e. The molecule has 0 radical (unpaired) electrons. The number of nitrogens with one attached hydrogen (secondary N) is 1. The lowest BCUT2D eigenvalue weighted by Gasteiger charge is -2.36. The lowest BCUT2D eigenvalue weighted by Crippen LogP contribution is -2.59. The summed E-state index contributed by atoms with van der Waals surface area (Å²) >= 11 is 8.34. The Morgan fingerprint density at radius 2 is 1.53 bits per heavy atom. The average Bonchev–Trinajstić information content (AvgIpc) is 2.67. The van der Waals surface area contributed by atoms with E-state index in [4.69, 9.17) is 16.3 Å². The fraction of sp³-hybridized carbons (Fsp3) is 0.278. The van der Waals surface area contributed by atoms with Gasteiger partial charge in [0.2, 0.25) is 0 Å². The first kappa shape index (κ1) is 26.1. The van der Waals surface area contributed by atoms with Crippen molar-refractivity contribution in [2.45, 2.75) is 23.9 Å². The average molecular weight is 559 g/mol. The van der Waals surface area contributed by atoms with E-state index in [-0.39, 0.29) is 23.4 Å². The highest BCUT2D eigenvalue weighted by molar-refractivity contribution is 9.10. The first-order chi connectivity index (χ1) is 14.5. The Labute approximate surface area is 187 Å². The molecular formula is C18H10BrClF9NO2. The third kappa shape index (κ3) is 4.36. The Kier molecular flexibility index (Phi) is 7.06. The van der Waals surface area contributed by atoms with Gasteiger partial charge in [-0.1, -0.05) is 23.7 Å². The second-order valence-corrected chi connectivity index (χ2v) is 7.46. The van der Waals surface area contributed by atoms with Crippen molar-refractivity contribution in [3.63, 3.8) is 0 Å². The van der Waals surface area contributed by atoms with Crippen molar-refractivity contribution < 1.29 is 49.0 Å². The smallest absolute Gasteiger partial charge is 0.457 e. The maximum absolute atomic E-state index is 14.6. The zero-order valence-electron chi connectivity index (χ0n) is 15.4. The molecule has 0 saturated carbocycles. The van der Waals surface area contributed by atoms with E-state index in [0.717, 1.165) is 0 Å². The first-order valence-corrected chi connectivity index (χ1v) is 9.30. The SMILES string of the molecule is COc1ccccc1C(=O)Nc1c(Cl)cc(C(F)(C(F)(F)F)C(F)(F)C(F)(F)F)cc1Br. The molecule has 1 amide bonds. The Hall–Kier alpha value is -2.15. The van der Waals surface area contributed by atoms with E-state index in [1.54, 1.807) is 0 Å². The number of hydrogen-bond donors (Lipinski definition) is 1. The van der Waals surface area contributed by atoms with Gasteiger partial charge in [-0.05, 0) is 40.2 Å². The molecule has 0 aliphatic rings. The first-order valence-electron chi connectivity index (χ1n) is 8.13. The number of carbonyl (C=O) groups is 1. The second-order valence-electron chi connectivity index (χ2n) is 6.20. The number of alkyl halides is 9. The zero-order valence-corrected chi connectivity index (χ0v) is 17.8. The van der Waals surface area contributed by atoms with Crippen molar-refractivity contribution in [1.29, 1.82) is 0 Å². The van der Waals surface area contributed by atoms with Crippen molar-refractivity contribution in [2.75, 3.05) is 12.4 Å². The van der Waals surface area contributed by atoms with Gasteiger partial charge in [0.15, 0.2) is 0 Å². The summed E-state index contributed by atoms with van der Waals surface area (Å²) in [5, 5.41) is 1.20. The molecule has 0 fully saturated rings. The number of anilines is 1. The summed E-state index contributed by atoms with van der Waals surface area (Å²) in [5.74, 6) is -7.69. The third-order valence-corrected chi connectivity index (χ3v) is 5.13. The lowest BCUT2D eigenvalue weighted by molar-refractivity contribution is -0.389. The highest BCUT2D eigenvalue weighted by atomic mass is 79.9. The number of methoxy groups -OCH3 is 1. The molecule has 1 unspecified atom stereocenters. The van der Waals surface area contributed by atoms with Crippen LogP contribution in [0.1, 0.15) is 15.9 Å². The summed E-state index contributed by atoms with van der Waals surface area (Å²) in [4.78, 5) is 12.4. The summed E-state index contributed by atoms with van der Waals surface area (Å²) in [5.41, 5.74) is -8.87. The number of rotatable bonds is 5. The number of benzene rings is 2. The molecule has 3 nitrogen and oxygen atoms in total. The molecule has 2 rings (SSSR count). The normalized spacial score (nSPS) is 14.6. The van der Waals surface area contributed by atoms with Gasteiger partial charge >= 0.3 is 23.9 Å². The van der Waals surface area contributed by atoms with Crippen LogP contribution in [0.2, 0.25) is 5.02 Å². The molecule has 2 aromatic carbocycles. The Morgan fingerprint density at radius 3 is 2.00 bits per heavy atom. The highest BCUT2D eigenvalue weighted by Crippen LogP contribution is 2.59. The number of ether oxygens (including phenoxy) is 1. The quantitative estimate of drug-likeness (QED) is 0.392. The molecule has 176 valence electrons. The molecule has 0 aromatic heterocycles. The number of amides is 1. The van der Waals surface area contributed by atoms with Crippen LogP contribution in [0.3, 0.4) is 0 Å². The highest BCUT2D eigenvalue weighted by Gasteiger charge is 2.81. The molecule has 0 bridgehead atoms. The van der Waals surface area contributed by atoms with Crippen LogP contribution >= 0.6 is 27.5 Å². The summed E-state index contributed by atoms with van der Waals surface area (Å²) in [6.45, 7) is 0. The predicted molar refractivity (Wildman–Crippen MR) is 99.9 cm³/mol. The van der Waals surface area contributed by atoms with Crippen molar-refractivity contribution in [2.24, 2.45) is 0 Å². The van der Waals surface area contributed by atoms with Gasteiger partial charge < -0.3 is 10.1 Å². The van der Waals surface area contributed by atoms with Crippen molar-refractivity contribution in [3.05, 3.63) is 57.0 Å². The minimum absolute atomic E-state index is 0.0247. The van der Waals surface area contributed by atoms with Crippen molar-refractivity contribution in [1.82, 2.24) is 0 Å². The van der Waals surface area contributed by atoms with E-state index in [0.29, 0.717) is 0 Å². The molecule has 14 heteroatoms. The number of carbonyl (C=O) groups excluding carboxylic acids is 1. The standard InChI is InChI=1S/C18H10BrClF9NO2/c1-32-12-5-3-2-4-9(12)14(31)30-13-10(19)6-8(7-11(13)20)15(21,17(24,25)26)16(22,23)18(27,28)29/h2-7H,1H3,(H,30,31). The minimum Gasteiger partial charge on any atom is -0.496 e. The fourth-order valence-corrected chi connectivity index (χ4v) is 3.56. The molecule has 1 N–H and O–H groups in total. The molecular weight excluding hydrogens is 549 g/mol. The van der Waals surface area contributed by atoms with E-state index < -0.39 is 50.6 Å². The molecule has 0 spiro atoms. The van der Waals surface area contributed by atoms with Crippen LogP contribution in [0, 0.1) is 0 Å². The number of para-hydroxylation sites is 1. The van der Waals surface area contributed by atoms with Crippen LogP contribution < -0.4 is 10.1 Å². The predicted octanol–water partition coefficient (Wildman–Crippen LogP) is 7.29. The zero-order chi connectivity index (χ0) is 24.7. The van der Waals surface area contributed by atoms with Gasteiger partial charge in [0.25, 0.3) is 5.91 Å². The van der Waals surface area contributed by atoms with Crippen LogP contribution in [-0.2, 0) is 5.67 Å². The molecule has 0 heterocycles. The summed E-state index contributed by atoms with van der Waals surface area (Å²) in [6, 6.07) is 5.61. The van der Waals surface area contributed by atoms with Gasteiger partial charge in [-0.15, -0.1) is 0 Å². The van der Waals surface area contributed by atoms with E-state index >= 15 is 0 Å². The van der Waals surface area contributed by atoms with E-state index in [9.17, 15) is 44.3 Å². The maximum Gasteiger partial charge on any atom is 0.457 e. The Balaban J connectivity index is 2.59. The number of hydrogen-bond acceptors (Lipinski definition) is 2. The topological polar surface area (TPSA) is 38.3 Å². The van der Waals surface area contributed by atoms with Crippen LogP contribution in [-0.4, -0.2) is 31.3 Å². The van der Waals surface area contributed by atoms with Crippen LogP contribution in [0.25, 0.3) is 0 Å². The summed E-state index contributed by atoms with van der Waals surface area (Å²) < 4.78 is 124. The molecule has 0 aliphatic heterocycles. The second kappa shape index (κ2) is 8.65. The molecule has 2 aromatic rings. The van der Waals surface area contributed by atoms with E-state index in [1.165, 1.54) is 31.4 Å². The summed E-state index contributed by atoms with van der Waals surface area (Å²) in [6.07, 6.45) is -13.6. The molecule has 0 aliphatic carbocycles. The molecule has 1 atom stereocenters. The van der Waals surface area contributed by atoms with Gasteiger partial charge in [0.1, 0.15) is 5.75 Å². The minimum atomic E-state index is -6.88. The monoisotopic (exact) mass is 557 g/mol. The van der Waals surface area contributed by atoms with Crippen LogP contribution in [0.5, 0.6) is 5.75 Å². The van der Waals surface area contributed by atoms with Crippen molar-refractivity contribution >= 4 is 39.1 Å². The lowest BCUT2D eigenvalue weighted by atomic mass is 9.87. The maximum atomic E-state index is 14.6. The van der Waals surface area contributed by atoms with Crippen LogP contribution in [0.4, 0.5) is 45.2 Å². The van der Waals surface area contributed by atoms with Gasteiger partial charge in [-0.3, -0.25) is 4.79 Å². The third-order valence-electron chi connectivity index (χ3n) is 4.21. The number of halogens is 11. The van der Waals surface area contributed by atoms with Gasteiger partial charge in [-0.2, -0.15) is 35.1 Å². The van der Waals surface area contributed by atoms with Gasteiger partial charge in [-0.25, -0.2) is 4.39 Å². The van der Waals surface area contributed by atoms with Gasteiger partial charge in [0.05, 0.1) is 23.4 Å². The van der Waals surface area contributed by atoms with E-state index in [1.807, 2.05) is 0 Å². The summed E-state index contributed by atoms with van der Waals surface area (Å²) in [7, 11) is 1.24. The van der Waals surface area contributed by atoms with Gasteiger partial charge in [0, 0.05) is 10.0 Å². The Bertz CT molecular complexity index is 1000. The molecule has 32 heavy (non-hydrogen) atoms.